The summed E-state index contributed by atoms with van der Waals surface area (Å²) in [6.45, 7) is -1.07. The van der Waals surface area contributed by atoms with Gasteiger partial charge in [0.1, 0.15) is 5.75 Å². The summed E-state index contributed by atoms with van der Waals surface area (Å²) in [5, 5.41) is 9.41. The molecule has 2 aromatic carbocycles. The number of halogens is 6. The van der Waals surface area contributed by atoms with Crippen LogP contribution in [0.2, 0.25) is 0 Å². The molecule has 27 heavy (non-hydrogen) atoms. The highest BCUT2D eigenvalue weighted by molar-refractivity contribution is 5.50. The van der Waals surface area contributed by atoms with E-state index >= 15 is 0 Å². The van der Waals surface area contributed by atoms with E-state index in [0.29, 0.717) is 11.4 Å². The number of anilines is 1. The summed E-state index contributed by atoms with van der Waals surface area (Å²) in [5.74, 6) is 0.467. The van der Waals surface area contributed by atoms with E-state index < -0.39 is 30.6 Å². The van der Waals surface area contributed by atoms with Crippen molar-refractivity contribution in [1.82, 2.24) is 0 Å². The molecule has 0 radical (unpaired) electrons. The minimum atomic E-state index is -4.85. The molecule has 0 spiro atoms. The van der Waals surface area contributed by atoms with Gasteiger partial charge in [0.15, 0.2) is 6.10 Å². The number of alkyl halides is 6. The van der Waals surface area contributed by atoms with Crippen LogP contribution < -0.4 is 9.64 Å². The lowest BCUT2D eigenvalue weighted by Gasteiger charge is -2.28. The molecule has 1 N–H and O–H groups in total. The molecule has 1 unspecified atom stereocenters. The van der Waals surface area contributed by atoms with Crippen molar-refractivity contribution in [1.29, 1.82) is 0 Å². The minimum absolute atomic E-state index is 0.162. The number of ether oxygens (including phenoxy) is 1. The molecule has 0 aliphatic heterocycles. The highest BCUT2D eigenvalue weighted by Gasteiger charge is 2.39. The monoisotopic (exact) mass is 393 g/mol. The van der Waals surface area contributed by atoms with Crippen molar-refractivity contribution in [2.24, 2.45) is 0 Å². The molecular formula is C18H17F6NO2. The molecule has 0 amide bonds. The van der Waals surface area contributed by atoms with Gasteiger partial charge in [0, 0.05) is 12.2 Å². The number of hydrogen-bond acceptors (Lipinski definition) is 3. The Morgan fingerprint density at radius 2 is 1.63 bits per heavy atom. The van der Waals surface area contributed by atoms with Gasteiger partial charge in [-0.15, -0.1) is 0 Å². The smallest absolute Gasteiger partial charge is 0.416 e. The van der Waals surface area contributed by atoms with Gasteiger partial charge in [-0.25, -0.2) is 0 Å². The average molecular weight is 393 g/mol. The zero-order valence-corrected chi connectivity index (χ0v) is 14.2. The molecule has 0 saturated carbocycles. The Labute approximate surface area is 151 Å². The molecule has 0 aliphatic rings. The fourth-order valence-electron chi connectivity index (χ4n) is 2.43. The fourth-order valence-corrected chi connectivity index (χ4v) is 2.43. The molecule has 0 bridgehead atoms. The largest absolute Gasteiger partial charge is 0.497 e. The molecule has 0 aromatic heterocycles. The van der Waals surface area contributed by atoms with E-state index in [0.717, 1.165) is 17.0 Å². The standard InChI is InChI=1S/C18H17F6NO2/c1-27-15-7-5-14(6-8-15)25(11-16(26)18(22,23)24)10-12-3-2-4-13(9-12)17(19,20)21/h2-9,16,26H,10-11H2,1H3. The van der Waals surface area contributed by atoms with Crippen LogP contribution in [0.25, 0.3) is 0 Å². The number of aliphatic hydroxyl groups is 1. The highest BCUT2D eigenvalue weighted by atomic mass is 19.4. The molecule has 2 aromatic rings. The normalized spacial score (nSPS) is 13.3. The Bertz CT molecular complexity index is 743. The van der Waals surface area contributed by atoms with Crippen molar-refractivity contribution in [2.75, 3.05) is 18.6 Å². The van der Waals surface area contributed by atoms with E-state index in [-0.39, 0.29) is 12.1 Å². The van der Waals surface area contributed by atoms with Crippen LogP contribution in [0.4, 0.5) is 32.0 Å². The SMILES string of the molecule is COc1ccc(N(Cc2cccc(C(F)(F)F)c2)CC(O)C(F)(F)F)cc1. The van der Waals surface area contributed by atoms with E-state index in [2.05, 4.69) is 0 Å². The maximum absolute atomic E-state index is 12.9. The average Bonchev–Trinajstić information content (AvgIpc) is 2.60. The second-order valence-electron chi connectivity index (χ2n) is 5.83. The number of methoxy groups -OCH3 is 1. The van der Waals surface area contributed by atoms with Crippen LogP contribution in [0.15, 0.2) is 48.5 Å². The second-order valence-corrected chi connectivity index (χ2v) is 5.83. The van der Waals surface area contributed by atoms with Crippen LogP contribution in [0, 0.1) is 0 Å². The van der Waals surface area contributed by atoms with Gasteiger partial charge in [0.25, 0.3) is 0 Å². The van der Waals surface area contributed by atoms with Crippen LogP contribution >= 0.6 is 0 Å². The Kier molecular flexibility index (Phi) is 6.25. The minimum Gasteiger partial charge on any atom is -0.497 e. The van der Waals surface area contributed by atoms with E-state index in [4.69, 9.17) is 4.74 Å². The first-order chi connectivity index (χ1) is 12.5. The molecule has 2 rings (SSSR count). The summed E-state index contributed by atoms with van der Waals surface area (Å²) >= 11 is 0. The van der Waals surface area contributed by atoms with Crippen LogP contribution in [0.1, 0.15) is 11.1 Å². The summed E-state index contributed by atoms with van der Waals surface area (Å²) in [5.41, 5.74) is -0.433. The lowest BCUT2D eigenvalue weighted by Crippen LogP contribution is -2.40. The van der Waals surface area contributed by atoms with Crippen molar-refractivity contribution in [2.45, 2.75) is 25.0 Å². The summed E-state index contributed by atoms with van der Waals surface area (Å²) in [6, 6.07) is 10.3. The van der Waals surface area contributed by atoms with E-state index in [9.17, 15) is 31.4 Å². The van der Waals surface area contributed by atoms with Gasteiger partial charge >= 0.3 is 12.4 Å². The molecular weight excluding hydrogens is 376 g/mol. The third-order valence-electron chi connectivity index (χ3n) is 3.84. The highest BCUT2D eigenvalue weighted by Crippen LogP contribution is 2.31. The first-order valence-corrected chi connectivity index (χ1v) is 7.80. The molecule has 148 valence electrons. The molecule has 9 heteroatoms. The van der Waals surface area contributed by atoms with Crippen molar-refractivity contribution in [3.05, 3.63) is 59.7 Å². The van der Waals surface area contributed by atoms with Crippen LogP contribution in [-0.2, 0) is 12.7 Å². The second kappa shape index (κ2) is 8.08. The van der Waals surface area contributed by atoms with Crippen LogP contribution in [0.5, 0.6) is 5.75 Å². The third-order valence-corrected chi connectivity index (χ3v) is 3.84. The van der Waals surface area contributed by atoms with Gasteiger partial charge in [-0.05, 0) is 42.0 Å². The number of aliphatic hydroxyl groups excluding tert-OH is 1. The number of rotatable bonds is 6. The van der Waals surface area contributed by atoms with E-state index in [1.54, 1.807) is 0 Å². The quantitative estimate of drug-likeness (QED) is 0.726. The fraction of sp³-hybridized carbons (Fsp3) is 0.333. The zero-order valence-electron chi connectivity index (χ0n) is 14.2. The zero-order chi connectivity index (χ0) is 20.2. The molecule has 0 fully saturated rings. The van der Waals surface area contributed by atoms with Gasteiger partial charge in [-0.3, -0.25) is 0 Å². The van der Waals surface area contributed by atoms with Crippen molar-refractivity contribution >= 4 is 5.69 Å². The molecule has 3 nitrogen and oxygen atoms in total. The van der Waals surface area contributed by atoms with Crippen molar-refractivity contribution in [3.63, 3.8) is 0 Å². The maximum atomic E-state index is 12.9. The Morgan fingerprint density at radius 3 is 2.15 bits per heavy atom. The van der Waals surface area contributed by atoms with Crippen LogP contribution in [0.3, 0.4) is 0 Å². The number of hydrogen-bond donors (Lipinski definition) is 1. The molecule has 1 atom stereocenters. The lowest BCUT2D eigenvalue weighted by molar-refractivity contribution is -0.200. The lowest BCUT2D eigenvalue weighted by atomic mass is 10.1. The first-order valence-electron chi connectivity index (χ1n) is 7.80. The van der Waals surface area contributed by atoms with Gasteiger partial charge < -0.3 is 14.7 Å². The number of nitrogens with zero attached hydrogens (tertiary/aromatic N) is 1. The molecule has 0 aliphatic carbocycles. The van der Waals surface area contributed by atoms with Gasteiger partial charge in [-0.2, -0.15) is 26.3 Å². The predicted molar refractivity (Wildman–Crippen MR) is 87.5 cm³/mol. The Balaban J connectivity index is 2.31. The third kappa shape index (κ3) is 5.78. The Morgan fingerprint density at radius 1 is 1.00 bits per heavy atom. The van der Waals surface area contributed by atoms with Crippen molar-refractivity contribution in [3.8, 4) is 5.75 Å². The summed E-state index contributed by atoms with van der Waals surface area (Å²) < 4.78 is 81.8. The van der Waals surface area contributed by atoms with E-state index in [1.165, 1.54) is 43.5 Å². The van der Waals surface area contributed by atoms with E-state index in [1.807, 2.05) is 0 Å². The number of benzene rings is 2. The molecule has 0 saturated heterocycles. The van der Waals surface area contributed by atoms with Crippen LogP contribution in [-0.4, -0.2) is 31.0 Å². The van der Waals surface area contributed by atoms with Gasteiger partial charge in [0.2, 0.25) is 0 Å². The first kappa shape index (κ1) is 20.9. The van der Waals surface area contributed by atoms with Gasteiger partial charge in [0.05, 0.1) is 19.2 Å². The Hall–Kier alpha value is -2.42. The van der Waals surface area contributed by atoms with Gasteiger partial charge in [-0.1, -0.05) is 12.1 Å². The maximum Gasteiger partial charge on any atom is 0.416 e. The predicted octanol–water partition coefficient (Wildman–Crippen LogP) is 4.64. The summed E-state index contributed by atoms with van der Waals surface area (Å²) in [6.07, 6.45) is -12.1. The summed E-state index contributed by atoms with van der Waals surface area (Å²) in [7, 11) is 1.42. The topological polar surface area (TPSA) is 32.7 Å². The summed E-state index contributed by atoms with van der Waals surface area (Å²) in [4.78, 5) is 1.16. The molecule has 0 heterocycles. The van der Waals surface area contributed by atoms with Crippen molar-refractivity contribution < 1.29 is 36.2 Å².